The lowest BCUT2D eigenvalue weighted by Gasteiger charge is -1.93. The van der Waals surface area contributed by atoms with Crippen molar-refractivity contribution in [1.29, 1.82) is 0 Å². The molecule has 1 aromatic carbocycles. The Morgan fingerprint density at radius 1 is 1.43 bits per heavy atom. The van der Waals surface area contributed by atoms with Gasteiger partial charge in [-0.1, -0.05) is 5.16 Å². The molecule has 0 amide bonds. The van der Waals surface area contributed by atoms with Crippen LogP contribution >= 0.6 is 0 Å². The summed E-state index contributed by atoms with van der Waals surface area (Å²) < 4.78 is 17.9. The molecule has 0 saturated carbocycles. The van der Waals surface area contributed by atoms with Crippen LogP contribution < -0.4 is 5.73 Å². The average Bonchev–Trinajstić information content (AvgIpc) is 2.57. The molecule has 0 spiro atoms. The van der Waals surface area contributed by atoms with Crippen molar-refractivity contribution in [2.45, 2.75) is 12.8 Å². The van der Waals surface area contributed by atoms with E-state index in [-0.39, 0.29) is 5.82 Å². The molecule has 0 saturated heterocycles. The Kier molecular flexibility index (Phi) is 2.45. The molecule has 0 unspecified atom stereocenters. The van der Waals surface area contributed by atoms with Crippen LogP contribution in [0.2, 0.25) is 0 Å². The lowest BCUT2D eigenvalue weighted by Crippen LogP contribution is -1.99. The van der Waals surface area contributed by atoms with Crippen molar-refractivity contribution < 1.29 is 8.91 Å². The van der Waals surface area contributed by atoms with Crippen LogP contribution in [0.4, 0.5) is 4.39 Å². The standard InChI is InChI=1S/C10H11FN2O/c11-7-3-4-8-9(6-7)13-14-10(8)2-1-5-12/h3-4,6H,1-2,5,12H2. The third-order valence-electron chi connectivity index (χ3n) is 2.12. The van der Waals surface area contributed by atoms with Gasteiger partial charge in [0.05, 0.1) is 0 Å². The fourth-order valence-electron chi connectivity index (χ4n) is 1.41. The second-order valence-electron chi connectivity index (χ2n) is 3.16. The van der Waals surface area contributed by atoms with E-state index in [1.807, 2.05) is 0 Å². The van der Waals surface area contributed by atoms with Gasteiger partial charge in [0.1, 0.15) is 17.1 Å². The Balaban J connectivity index is 2.37. The van der Waals surface area contributed by atoms with Gasteiger partial charge in [-0.05, 0) is 25.1 Å². The molecule has 1 aromatic heterocycles. The summed E-state index contributed by atoms with van der Waals surface area (Å²) in [4.78, 5) is 0. The molecule has 2 rings (SSSR count). The highest BCUT2D eigenvalue weighted by Crippen LogP contribution is 2.20. The van der Waals surface area contributed by atoms with Crippen molar-refractivity contribution in [2.24, 2.45) is 5.73 Å². The normalized spacial score (nSPS) is 11.0. The number of nitrogens with zero attached hydrogens (tertiary/aromatic N) is 1. The second-order valence-corrected chi connectivity index (χ2v) is 3.16. The first-order valence-electron chi connectivity index (χ1n) is 4.55. The van der Waals surface area contributed by atoms with Crippen molar-refractivity contribution in [2.75, 3.05) is 6.54 Å². The minimum atomic E-state index is -0.295. The zero-order valence-electron chi connectivity index (χ0n) is 7.66. The monoisotopic (exact) mass is 194 g/mol. The minimum absolute atomic E-state index is 0.295. The SMILES string of the molecule is NCCCc1onc2cc(F)ccc12. The van der Waals surface area contributed by atoms with Crippen molar-refractivity contribution in [1.82, 2.24) is 5.16 Å². The van der Waals surface area contributed by atoms with Crippen molar-refractivity contribution in [3.05, 3.63) is 29.8 Å². The first kappa shape index (κ1) is 9.15. The van der Waals surface area contributed by atoms with Crippen LogP contribution in [0.15, 0.2) is 22.7 Å². The average molecular weight is 194 g/mol. The second kappa shape index (κ2) is 3.75. The summed E-state index contributed by atoms with van der Waals surface area (Å²) in [5.41, 5.74) is 5.96. The van der Waals surface area contributed by atoms with E-state index in [1.54, 1.807) is 6.07 Å². The van der Waals surface area contributed by atoms with Gasteiger partial charge >= 0.3 is 0 Å². The number of halogens is 1. The Morgan fingerprint density at radius 3 is 3.07 bits per heavy atom. The van der Waals surface area contributed by atoms with E-state index in [4.69, 9.17) is 10.3 Å². The molecular weight excluding hydrogens is 183 g/mol. The van der Waals surface area contributed by atoms with E-state index >= 15 is 0 Å². The van der Waals surface area contributed by atoms with Gasteiger partial charge in [0, 0.05) is 17.9 Å². The number of rotatable bonds is 3. The summed E-state index contributed by atoms with van der Waals surface area (Å²) in [5.74, 6) is 0.488. The predicted molar refractivity (Wildman–Crippen MR) is 51.3 cm³/mol. The molecule has 4 heteroatoms. The van der Waals surface area contributed by atoms with Gasteiger partial charge in [0.15, 0.2) is 0 Å². The molecule has 1 heterocycles. The largest absolute Gasteiger partial charge is 0.360 e. The Hall–Kier alpha value is -1.42. The highest BCUT2D eigenvalue weighted by atomic mass is 19.1. The zero-order chi connectivity index (χ0) is 9.97. The van der Waals surface area contributed by atoms with Gasteiger partial charge < -0.3 is 10.3 Å². The fraction of sp³-hybridized carbons (Fsp3) is 0.300. The summed E-state index contributed by atoms with van der Waals surface area (Å²) >= 11 is 0. The van der Waals surface area contributed by atoms with E-state index in [2.05, 4.69) is 5.16 Å². The van der Waals surface area contributed by atoms with E-state index in [0.717, 1.165) is 24.0 Å². The number of benzene rings is 1. The number of aryl methyl sites for hydroxylation is 1. The van der Waals surface area contributed by atoms with Crippen LogP contribution in [-0.4, -0.2) is 11.7 Å². The third kappa shape index (κ3) is 1.61. The summed E-state index contributed by atoms with van der Waals surface area (Å²) in [7, 11) is 0. The number of aromatic nitrogens is 1. The van der Waals surface area contributed by atoms with Gasteiger partial charge in [-0.15, -0.1) is 0 Å². The van der Waals surface area contributed by atoms with Gasteiger partial charge in [-0.2, -0.15) is 0 Å². The molecule has 3 nitrogen and oxygen atoms in total. The Labute approximate surface area is 80.7 Å². The van der Waals surface area contributed by atoms with E-state index < -0.39 is 0 Å². The van der Waals surface area contributed by atoms with Crippen LogP contribution in [0.5, 0.6) is 0 Å². The zero-order valence-corrected chi connectivity index (χ0v) is 7.66. The summed E-state index contributed by atoms with van der Waals surface area (Å²) in [6, 6.07) is 4.46. The Morgan fingerprint density at radius 2 is 2.29 bits per heavy atom. The lowest BCUT2D eigenvalue weighted by molar-refractivity contribution is 0.389. The van der Waals surface area contributed by atoms with E-state index in [0.29, 0.717) is 12.1 Å². The molecule has 0 bridgehead atoms. The fourth-order valence-corrected chi connectivity index (χ4v) is 1.41. The molecular formula is C10H11FN2O. The maximum atomic E-state index is 12.8. The maximum absolute atomic E-state index is 12.8. The highest BCUT2D eigenvalue weighted by molar-refractivity contribution is 5.80. The van der Waals surface area contributed by atoms with Crippen LogP contribution in [0.3, 0.4) is 0 Å². The van der Waals surface area contributed by atoms with E-state index in [1.165, 1.54) is 12.1 Å². The molecule has 2 aromatic rings. The maximum Gasteiger partial charge on any atom is 0.144 e. The van der Waals surface area contributed by atoms with Gasteiger partial charge in [0.25, 0.3) is 0 Å². The third-order valence-corrected chi connectivity index (χ3v) is 2.12. The molecule has 0 radical (unpaired) electrons. The summed E-state index contributed by atoms with van der Waals surface area (Å²) in [6.07, 6.45) is 1.60. The van der Waals surface area contributed by atoms with Crippen LogP contribution in [0, 0.1) is 5.82 Å². The predicted octanol–water partition coefficient (Wildman–Crippen LogP) is 1.86. The topological polar surface area (TPSA) is 52.0 Å². The van der Waals surface area contributed by atoms with Crippen LogP contribution in [0.1, 0.15) is 12.2 Å². The van der Waals surface area contributed by atoms with Gasteiger partial charge in [0.2, 0.25) is 0 Å². The van der Waals surface area contributed by atoms with E-state index in [9.17, 15) is 4.39 Å². The molecule has 2 N–H and O–H groups in total. The lowest BCUT2D eigenvalue weighted by atomic mass is 10.1. The molecule has 0 aliphatic heterocycles. The Bertz CT molecular complexity index is 439. The van der Waals surface area contributed by atoms with Crippen molar-refractivity contribution >= 4 is 10.9 Å². The van der Waals surface area contributed by atoms with Crippen molar-refractivity contribution in [3.63, 3.8) is 0 Å². The quantitative estimate of drug-likeness (QED) is 0.811. The van der Waals surface area contributed by atoms with Crippen LogP contribution in [-0.2, 0) is 6.42 Å². The minimum Gasteiger partial charge on any atom is -0.360 e. The smallest absolute Gasteiger partial charge is 0.144 e. The van der Waals surface area contributed by atoms with Crippen LogP contribution in [0.25, 0.3) is 10.9 Å². The molecule has 14 heavy (non-hydrogen) atoms. The van der Waals surface area contributed by atoms with Gasteiger partial charge in [-0.3, -0.25) is 0 Å². The number of nitrogens with two attached hydrogens (primary N) is 1. The number of fused-ring (bicyclic) bond motifs is 1. The first-order valence-corrected chi connectivity index (χ1v) is 4.55. The van der Waals surface area contributed by atoms with Crippen molar-refractivity contribution in [3.8, 4) is 0 Å². The molecule has 0 aliphatic carbocycles. The number of hydrogen-bond acceptors (Lipinski definition) is 3. The highest BCUT2D eigenvalue weighted by Gasteiger charge is 2.07. The summed E-state index contributed by atoms with van der Waals surface area (Å²) in [5, 5.41) is 4.65. The summed E-state index contributed by atoms with van der Waals surface area (Å²) in [6.45, 7) is 0.614. The molecule has 0 aliphatic rings. The van der Waals surface area contributed by atoms with Gasteiger partial charge in [-0.25, -0.2) is 4.39 Å². The molecule has 0 fully saturated rings. The molecule has 0 atom stereocenters. The number of hydrogen-bond donors (Lipinski definition) is 1. The molecule has 74 valence electrons. The first-order chi connectivity index (χ1) is 6.81.